The molecule has 5 nitrogen and oxygen atoms in total. The number of esters is 1. The van der Waals surface area contributed by atoms with Crippen LogP contribution in [-0.4, -0.2) is 35.4 Å². The van der Waals surface area contributed by atoms with Crippen LogP contribution in [0.15, 0.2) is 24.3 Å². The van der Waals surface area contributed by atoms with Crippen molar-refractivity contribution >= 4 is 40.2 Å². The molecule has 1 atom stereocenters. The van der Waals surface area contributed by atoms with E-state index in [0.29, 0.717) is 0 Å². The number of carbonyl (C=O) groups excluding carboxylic acids is 2. The summed E-state index contributed by atoms with van der Waals surface area (Å²) in [5.74, 6) is -3.06. The van der Waals surface area contributed by atoms with Gasteiger partial charge in [0.1, 0.15) is 0 Å². The Morgan fingerprint density at radius 2 is 1.82 bits per heavy atom. The summed E-state index contributed by atoms with van der Waals surface area (Å²) >= 11 is 2.02. The summed E-state index contributed by atoms with van der Waals surface area (Å²) in [7, 11) is 0. The largest absolute Gasteiger partial charge is 0.464 e. The number of ether oxygens (including phenoxy) is 1. The summed E-state index contributed by atoms with van der Waals surface area (Å²) in [6, 6.07) is 6.24. The van der Waals surface area contributed by atoms with Crippen LogP contribution >= 0.6 is 22.6 Å². The van der Waals surface area contributed by atoms with Crippen molar-refractivity contribution in [3.8, 4) is 0 Å². The molecule has 0 spiro atoms. The molecule has 0 saturated carbocycles. The monoisotopic (exact) mass is 431 g/mol. The highest BCUT2D eigenvalue weighted by Crippen LogP contribution is 2.34. The Morgan fingerprint density at radius 3 is 2.27 bits per heavy atom. The number of hydrogen-bond acceptors (Lipinski definition) is 4. The molecule has 1 aromatic rings. The molecule has 0 aliphatic heterocycles. The van der Waals surface area contributed by atoms with E-state index in [9.17, 15) is 27.9 Å². The van der Waals surface area contributed by atoms with Crippen LogP contribution in [0.1, 0.15) is 13.3 Å². The van der Waals surface area contributed by atoms with E-state index in [1.54, 1.807) is 12.1 Å². The number of alkyl halides is 3. The van der Waals surface area contributed by atoms with E-state index in [2.05, 4.69) is 10.1 Å². The molecule has 1 rings (SSSR count). The third-order valence-electron chi connectivity index (χ3n) is 2.63. The Labute approximate surface area is 138 Å². The van der Waals surface area contributed by atoms with Crippen molar-refractivity contribution < 1.29 is 32.6 Å². The zero-order chi connectivity index (χ0) is 17.0. The molecule has 0 aliphatic carbocycles. The Kier molecular flexibility index (Phi) is 6.17. The molecule has 0 saturated heterocycles. The summed E-state index contributed by atoms with van der Waals surface area (Å²) in [6.07, 6.45) is -6.82. The van der Waals surface area contributed by atoms with E-state index in [1.165, 1.54) is 19.1 Å². The third-order valence-corrected chi connectivity index (χ3v) is 3.35. The highest BCUT2D eigenvalue weighted by molar-refractivity contribution is 14.1. The number of rotatable bonds is 5. The maximum Gasteiger partial charge on any atom is 0.428 e. The van der Waals surface area contributed by atoms with E-state index < -0.39 is 30.1 Å². The van der Waals surface area contributed by atoms with Crippen molar-refractivity contribution in [1.29, 1.82) is 0 Å². The summed E-state index contributed by atoms with van der Waals surface area (Å²) in [5, 5.41) is 11.8. The lowest BCUT2D eigenvalue weighted by Crippen LogP contribution is -2.54. The highest BCUT2D eigenvalue weighted by Gasteiger charge is 2.61. The van der Waals surface area contributed by atoms with Gasteiger partial charge in [-0.2, -0.15) is 13.2 Å². The fourth-order valence-electron chi connectivity index (χ4n) is 1.51. The van der Waals surface area contributed by atoms with Crippen LogP contribution in [0, 0.1) is 3.57 Å². The van der Waals surface area contributed by atoms with Crippen molar-refractivity contribution in [1.82, 2.24) is 0 Å². The molecular weight excluding hydrogens is 418 g/mol. The van der Waals surface area contributed by atoms with Crippen LogP contribution in [0.25, 0.3) is 0 Å². The lowest BCUT2D eigenvalue weighted by atomic mass is 9.98. The van der Waals surface area contributed by atoms with Gasteiger partial charge in [0.05, 0.1) is 13.0 Å². The van der Waals surface area contributed by atoms with Gasteiger partial charge in [-0.15, -0.1) is 0 Å². The topological polar surface area (TPSA) is 75.6 Å². The van der Waals surface area contributed by atoms with Gasteiger partial charge in [0.15, 0.2) is 0 Å². The van der Waals surface area contributed by atoms with Crippen molar-refractivity contribution in [3.63, 3.8) is 0 Å². The van der Waals surface area contributed by atoms with Crippen LogP contribution in [-0.2, 0) is 14.3 Å². The van der Waals surface area contributed by atoms with E-state index in [0.717, 1.165) is 3.57 Å². The Morgan fingerprint density at radius 1 is 1.27 bits per heavy atom. The average Bonchev–Trinajstić information content (AvgIpc) is 2.40. The highest BCUT2D eigenvalue weighted by atomic mass is 127. The molecule has 122 valence electrons. The molecule has 0 unspecified atom stereocenters. The van der Waals surface area contributed by atoms with Gasteiger partial charge in [0.2, 0.25) is 5.91 Å². The molecule has 0 aromatic heterocycles. The zero-order valence-corrected chi connectivity index (χ0v) is 13.6. The molecule has 1 amide bonds. The zero-order valence-electron chi connectivity index (χ0n) is 11.4. The smallest absolute Gasteiger partial charge is 0.428 e. The van der Waals surface area contributed by atoms with Gasteiger partial charge in [-0.05, 0) is 53.8 Å². The minimum absolute atomic E-state index is 0.249. The fraction of sp³-hybridized carbons (Fsp3) is 0.385. The average molecular weight is 431 g/mol. The number of hydrogen-bond donors (Lipinski definition) is 2. The number of amides is 1. The lowest BCUT2D eigenvalue weighted by molar-refractivity contribution is -0.262. The number of halogens is 4. The van der Waals surface area contributed by atoms with E-state index in [-0.39, 0.29) is 12.3 Å². The Balaban J connectivity index is 2.88. The van der Waals surface area contributed by atoms with Crippen LogP contribution < -0.4 is 5.32 Å². The molecule has 0 bridgehead atoms. The van der Waals surface area contributed by atoms with Crippen LogP contribution in [0.2, 0.25) is 0 Å². The van der Waals surface area contributed by atoms with Crippen LogP contribution in [0.5, 0.6) is 0 Å². The summed E-state index contributed by atoms with van der Waals surface area (Å²) in [5.41, 5.74) is -3.63. The molecule has 22 heavy (non-hydrogen) atoms. The van der Waals surface area contributed by atoms with Gasteiger partial charge in [-0.1, -0.05) is 0 Å². The summed E-state index contributed by atoms with van der Waals surface area (Å²) in [4.78, 5) is 23.1. The first-order valence-electron chi connectivity index (χ1n) is 6.12. The molecule has 0 fully saturated rings. The molecule has 2 N–H and O–H groups in total. The standard InChI is InChI=1S/C13H13F3INO4/c1-2-22-11(20)12(21,13(14,15)16)7-10(19)18-9-5-3-8(17)4-6-9/h3-6,21H,2,7H2,1H3,(H,18,19)/t12-/m0/s1. The molecule has 9 heteroatoms. The number of carbonyl (C=O) groups is 2. The first kappa shape index (κ1) is 18.7. The SMILES string of the molecule is CCOC(=O)[C@@](O)(CC(=O)Nc1ccc(I)cc1)C(F)(F)F. The fourth-order valence-corrected chi connectivity index (χ4v) is 1.87. The number of anilines is 1. The number of aliphatic hydroxyl groups is 1. The number of benzene rings is 1. The van der Waals surface area contributed by atoms with Gasteiger partial charge in [-0.25, -0.2) is 4.79 Å². The van der Waals surface area contributed by atoms with Gasteiger partial charge in [0, 0.05) is 9.26 Å². The molecule has 0 radical (unpaired) electrons. The second kappa shape index (κ2) is 7.27. The third kappa shape index (κ3) is 4.57. The van der Waals surface area contributed by atoms with Gasteiger partial charge < -0.3 is 15.2 Å². The quantitative estimate of drug-likeness (QED) is 0.555. The first-order valence-corrected chi connectivity index (χ1v) is 7.19. The van der Waals surface area contributed by atoms with E-state index in [1.807, 2.05) is 22.6 Å². The second-order valence-electron chi connectivity index (χ2n) is 4.31. The predicted molar refractivity (Wildman–Crippen MR) is 80.0 cm³/mol. The summed E-state index contributed by atoms with van der Waals surface area (Å²) < 4.78 is 43.8. The van der Waals surface area contributed by atoms with E-state index in [4.69, 9.17) is 0 Å². The maximum absolute atomic E-state index is 12.9. The molecule has 1 aromatic carbocycles. The van der Waals surface area contributed by atoms with Gasteiger partial charge >= 0.3 is 12.1 Å². The van der Waals surface area contributed by atoms with Crippen molar-refractivity contribution in [2.75, 3.05) is 11.9 Å². The Bertz CT molecular complexity index is 547. The molecular formula is C13H13F3INO4. The van der Waals surface area contributed by atoms with Crippen LogP contribution in [0.3, 0.4) is 0 Å². The van der Waals surface area contributed by atoms with Gasteiger partial charge in [-0.3, -0.25) is 4.79 Å². The normalized spacial score (nSPS) is 14.1. The van der Waals surface area contributed by atoms with Crippen LogP contribution in [0.4, 0.5) is 18.9 Å². The first-order chi connectivity index (χ1) is 10.1. The maximum atomic E-state index is 12.9. The molecule has 0 aliphatic rings. The number of nitrogens with one attached hydrogen (secondary N) is 1. The van der Waals surface area contributed by atoms with Crippen molar-refractivity contribution in [2.45, 2.75) is 25.1 Å². The Hall–Kier alpha value is -1.36. The van der Waals surface area contributed by atoms with Crippen molar-refractivity contribution in [3.05, 3.63) is 27.8 Å². The lowest BCUT2D eigenvalue weighted by Gasteiger charge is -2.27. The van der Waals surface area contributed by atoms with Gasteiger partial charge in [0.25, 0.3) is 5.60 Å². The van der Waals surface area contributed by atoms with Crippen molar-refractivity contribution in [2.24, 2.45) is 0 Å². The predicted octanol–water partition coefficient (Wildman–Crippen LogP) is 2.48. The van der Waals surface area contributed by atoms with E-state index >= 15 is 0 Å². The minimum atomic E-state index is -5.33. The molecule has 0 heterocycles. The summed E-state index contributed by atoms with van der Waals surface area (Å²) in [6.45, 7) is 0.941. The second-order valence-corrected chi connectivity index (χ2v) is 5.56. The minimum Gasteiger partial charge on any atom is -0.464 e.